The van der Waals surface area contributed by atoms with Gasteiger partial charge in [0.15, 0.2) is 0 Å². The van der Waals surface area contributed by atoms with Crippen LogP contribution in [-0.4, -0.2) is 25.3 Å². The smallest absolute Gasteiger partial charge is 0.109 e. The fourth-order valence-electron chi connectivity index (χ4n) is 0.877. The Hall–Kier alpha value is 0.430. The van der Waals surface area contributed by atoms with Crippen molar-refractivity contribution in [2.45, 2.75) is 12.0 Å². The predicted molar refractivity (Wildman–Crippen MR) is 44.9 cm³/mol. The first-order valence-electron chi connectivity index (χ1n) is 2.82. The van der Waals surface area contributed by atoms with E-state index in [0.29, 0.717) is 6.54 Å². The van der Waals surface area contributed by atoms with E-state index in [0.717, 1.165) is 13.0 Å². The van der Waals surface area contributed by atoms with Crippen LogP contribution in [0.1, 0.15) is 6.42 Å². The van der Waals surface area contributed by atoms with Crippen molar-refractivity contribution in [2.24, 2.45) is 5.73 Å². The molecule has 1 unspecified atom stereocenters. The summed E-state index contributed by atoms with van der Waals surface area (Å²) in [5.74, 6) is 0. The molecule has 0 spiro atoms. The summed E-state index contributed by atoms with van der Waals surface area (Å²) in [6.07, 6.45) is 0.767. The van der Waals surface area contributed by atoms with Crippen LogP contribution in [0.5, 0.6) is 0 Å². The lowest BCUT2D eigenvalue weighted by molar-refractivity contribution is 0.328. The molecule has 1 atom stereocenters. The Balaban J connectivity index is 0. The van der Waals surface area contributed by atoms with Gasteiger partial charge in [0.05, 0.1) is 5.54 Å². The van der Waals surface area contributed by atoms with Gasteiger partial charge in [-0.25, -0.2) is 4.39 Å². The molecule has 0 aromatic rings. The van der Waals surface area contributed by atoms with E-state index in [1.807, 2.05) is 0 Å². The van der Waals surface area contributed by atoms with Crippen LogP contribution in [0, 0.1) is 0 Å². The largest absolute Gasteiger partial charge is 0.322 e. The Morgan fingerprint density at radius 1 is 1.50 bits per heavy atom. The van der Waals surface area contributed by atoms with Gasteiger partial charge in [0, 0.05) is 6.54 Å². The maximum Gasteiger partial charge on any atom is 0.109 e. The van der Waals surface area contributed by atoms with Crippen molar-refractivity contribution in [3.63, 3.8) is 0 Å². The standard InChI is InChI=1S/C5H11FN2.2ClH/c6-3-5(7)1-2-8-4-5;;/h8H,1-4,7H2;2*1H. The van der Waals surface area contributed by atoms with Crippen LogP contribution < -0.4 is 11.1 Å². The zero-order chi connectivity index (χ0) is 6.04. The number of hydrogen-bond donors (Lipinski definition) is 2. The van der Waals surface area contributed by atoms with Gasteiger partial charge in [-0.3, -0.25) is 0 Å². The minimum Gasteiger partial charge on any atom is -0.322 e. The fraction of sp³-hybridized carbons (Fsp3) is 1.00. The molecule has 0 amide bonds. The molecule has 64 valence electrons. The van der Waals surface area contributed by atoms with Gasteiger partial charge < -0.3 is 11.1 Å². The molecule has 0 saturated carbocycles. The zero-order valence-electron chi connectivity index (χ0n) is 5.60. The minimum absolute atomic E-state index is 0. The van der Waals surface area contributed by atoms with Gasteiger partial charge in [-0.1, -0.05) is 0 Å². The molecule has 10 heavy (non-hydrogen) atoms. The molecule has 1 fully saturated rings. The van der Waals surface area contributed by atoms with Crippen molar-refractivity contribution in [2.75, 3.05) is 19.8 Å². The average Bonchev–Trinajstić information content (AvgIpc) is 2.17. The maximum absolute atomic E-state index is 11.9. The molecule has 5 heteroatoms. The van der Waals surface area contributed by atoms with Gasteiger partial charge in [0.2, 0.25) is 0 Å². The van der Waals surface area contributed by atoms with E-state index in [9.17, 15) is 4.39 Å². The number of alkyl halides is 1. The van der Waals surface area contributed by atoms with Gasteiger partial charge in [-0.15, -0.1) is 24.8 Å². The molecular formula is C5H13Cl2FN2. The summed E-state index contributed by atoms with van der Waals surface area (Å²) in [6.45, 7) is 1.09. The third-order valence-corrected chi connectivity index (χ3v) is 1.54. The Bertz CT molecular complexity index is 85.7. The molecule has 1 heterocycles. The molecule has 1 saturated heterocycles. The Labute approximate surface area is 72.6 Å². The van der Waals surface area contributed by atoms with Crippen LogP contribution in [0.15, 0.2) is 0 Å². The summed E-state index contributed by atoms with van der Waals surface area (Å²) in [5.41, 5.74) is 4.98. The van der Waals surface area contributed by atoms with Gasteiger partial charge in [-0.2, -0.15) is 0 Å². The van der Waals surface area contributed by atoms with Crippen LogP contribution in [0.25, 0.3) is 0 Å². The highest BCUT2D eigenvalue weighted by Gasteiger charge is 2.28. The second-order valence-electron chi connectivity index (χ2n) is 2.42. The van der Waals surface area contributed by atoms with E-state index in [1.165, 1.54) is 0 Å². The highest BCUT2D eigenvalue weighted by Crippen LogP contribution is 2.10. The van der Waals surface area contributed by atoms with Gasteiger partial charge in [0.25, 0.3) is 0 Å². The van der Waals surface area contributed by atoms with E-state index in [1.54, 1.807) is 0 Å². The van der Waals surface area contributed by atoms with Crippen molar-refractivity contribution in [1.82, 2.24) is 5.32 Å². The molecule has 2 nitrogen and oxygen atoms in total. The Morgan fingerprint density at radius 3 is 2.30 bits per heavy atom. The lowest BCUT2D eigenvalue weighted by Gasteiger charge is -2.16. The maximum atomic E-state index is 11.9. The third kappa shape index (κ3) is 3.01. The van der Waals surface area contributed by atoms with Crippen LogP contribution in [-0.2, 0) is 0 Å². The normalized spacial score (nSPS) is 30.6. The first kappa shape index (κ1) is 13.1. The van der Waals surface area contributed by atoms with Gasteiger partial charge >= 0.3 is 0 Å². The second-order valence-corrected chi connectivity index (χ2v) is 2.42. The van der Waals surface area contributed by atoms with E-state index < -0.39 is 12.2 Å². The lowest BCUT2D eigenvalue weighted by Crippen LogP contribution is -2.43. The van der Waals surface area contributed by atoms with E-state index in [2.05, 4.69) is 5.32 Å². The first-order chi connectivity index (χ1) is 3.77. The van der Waals surface area contributed by atoms with E-state index in [-0.39, 0.29) is 24.8 Å². The summed E-state index contributed by atoms with van der Waals surface area (Å²) < 4.78 is 11.9. The summed E-state index contributed by atoms with van der Waals surface area (Å²) in [7, 11) is 0. The van der Waals surface area contributed by atoms with Crippen molar-refractivity contribution < 1.29 is 4.39 Å². The molecule has 1 aliphatic heterocycles. The van der Waals surface area contributed by atoms with Crippen molar-refractivity contribution in [3.05, 3.63) is 0 Å². The van der Waals surface area contributed by atoms with Crippen LogP contribution in [0.4, 0.5) is 4.39 Å². The van der Waals surface area contributed by atoms with Crippen molar-refractivity contribution in [3.8, 4) is 0 Å². The topological polar surface area (TPSA) is 38.0 Å². The number of nitrogens with two attached hydrogens (primary N) is 1. The number of halogens is 3. The van der Waals surface area contributed by atoms with Gasteiger partial charge in [0.1, 0.15) is 6.67 Å². The molecule has 0 aliphatic carbocycles. The fourth-order valence-corrected chi connectivity index (χ4v) is 0.877. The monoisotopic (exact) mass is 190 g/mol. The average molecular weight is 191 g/mol. The first-order valence-corrected chi connectivity index (χ1v) is 2.82. The van der Waals surface area contributed by atoms with E-state index >= 15 is 0 Å². The molecule has 3 N–H and O–H groups in total. The van der Waals surface area contributed by atoms with Gasteiger partial charge in [-0.05, 0) is 13.0 Å². The quantitative estimate of drug-likeness (QED) is 0.633. The Kier molecular flexibility index (Phi) is 6.69. The molecular weight excluding hydrogens is 178 g/mol. The highest BCUT2D eigenvalue weighted by atomic mass is 35.5. The molecule has 0 aromatic heterocycles. The van der Waals surface area contributed by atoms with Crippen LogP contribution in [0.2, 0.25) is 0 Å². The molecule has 0 bridgehead atoms. The molecule has 0 radical (unpaired) electrons. The zero-order valence-corrected chi connectivity index (χ0v) is 7.23. The molecule has 1 rings (SSSR count). The minimum atomic E-state index is -0.542. The summed E-state index contributed by atoms with van der Waals surface area (Å²) >= 11 is 0. The predicted octanol–water partition coefficient (Wildman–Crippen LogP) is 0.490. The lowest BCUT2D eigenvalue weighted by atomic mass is 10.0. The van der Waals surface area contributed by atoms with Crippen LogP contribution in [0.3, 0.4) is 0 Å². The number of hydrogen-bond acceptors (Lipinski definition) is 2. The number of nitrogens with one attached hydrogen (secondary N) is 1. The molecule has 1 aliphatic rings. The Morgan fingerprint density at radius 2 is 2.10 bits per heavy atom. The number of rotatable bonds is 1. The summed E-state index contributed by atoms with van der Waals surface area (Å²) in [5, 5.41) is 3.00. The highest BCUT2D eigenvalue weighted by molar-refractivity contribution is 5.85. The van der Waals surface area contributed by atoms with E-state index in [4.69, 9.17) is 5.73 Å². The van der Waals surface area contributed by atoms with Crippen LogP contribution >= 0.6 is 24.8 Å². The summed E-state index contributed by atoms with van der Waals surface area (Å²) in [6, 6.07) is 0. The second kappa shape index (κ2) is 5.13. The van der Waals surface area contributed by atoms with Crippen molar-refractivity contribution >= 4 is 24.8 Å². The van der Waals surface area contributed by atoms with Crippen molar-refractivity contribution in [1.29, 1.82) is 0 Å². The SMILES string of the molecule is Cl.Cl.NC1(CF)CCNC1. The molecule has 0 aromatic carbocycles. The summed E-state index contributed by atoms with van der Waals surface area (Å²) in [4.78, 5) is 0. The third-order valence-electron chi connectivity index (χ3n) is 1.54.